The van der Waals surface area contributed by atoms with Crippen molar-refractivity contribution in [2.75, 3.05) is 25.6 Å². The van der Waals surface area contributed by atoms with Crippen LogP contribution in [0.3, 0.4) is 0 Å². The highest BCUT2D eigenvalue weighted by molar-refractivity contribution is 7.89. The van der Waals surface area contributed by atoms with Crippen LogP contribution >= 0.6 is 0 Å². The molecule has 1 aliphatic heterocycles. The van der Waals surface area contributed by atoms with Crippen LogP contribution in [0, 0.1) is 11.6 Å². The second-order valence-corrected chi connectivity index (χ2v) is 7.67. The van der Waals surface area contributed by atoms with Gasteiger partial charge >= 0.3 is 0 Å². The molecular weight excluding hydrogens is 328 g/mol. The van der Waals surface area contributed by atoms with Crippen LogP contribution in [-0.4, -0.2) is 40.1 Å². The highest BCUT2D eigenvalue weighted by Gasteiger charge is 2.29. The van der Waals surface area contributed by atoms with Gasteiger partial charge in [0.1, 0.15) is 11.6 Å². The standard InChI is InChI=1S/C15H19F2NO4S/c16-10-6-13-12(14(17)7-10)2-1-3-15(13)18-23(19,20)9-11-8-21-4-5-22-11/h6-7,11,15,18H,1-5,8-9H2/t11?,15-/m1/s1. The number of nitrogens with one attached hydrogen (secondary N) is 1. The van der Waals surface area contributed by atoms with Crippen LogP contribution < -0.4 is 4.72 Å². The summed E-state index contributed by atoms with van der Waals surface area (Å²) in [7, 11) is -3.65. The minimum atomic E-state index is -3.65. The molecule has 1 saturated heterocycles. The fourth-order valence-electron chi connectivity index (χ4n) is 3.10. The molecular formula is C15H19F2NO4S. The lowest BCUT2D eigenvalue weighted by Crippen LogP contribution is -2.40. The smallest absolute Gasteiger partial charge is 0.214 e. The summed E-state index contributed by atoms with van der Waals surface area (Å²) in [6.45, 7) is 1.05. The molecule has 0 saturated carbocycles. The van der Waals surface area contributed by atoms with Gasteiger partial charge in [-0.3, -0.25) is 0 Å². The third kappa shape index (κ3) is 4.06. The van der Waals surface area contributed by atoms with Gasteiger partial charge < -0.3 is 9.47 Å². The van der Waals surface area contributed by atoms with Gasteiger partial charge in [-0.15, -0.1) is 0 Å². The molecule has 1 aromatic rings. The van der Waals surface area contributed by atoms with E-state index in [1.807, 2.05) is 0 Å². The molecule has 0 bridgehead atoms. The van der Waals surface area contributed by atoms with E-state index in [-0.39, 0.29) is 12.4 Å². The molecule has 1 N–H and O–H groups in total. The van der Waals surface area contributed by atoms with Crippen molar-refractivity contribution in [3.8, 4) is 0 Å². The van der Waals surface area contributed by atoms with Crippen LogP contribution in [0.4, 0.5) is 8.78 Å². The van der Waals surface area contributed by atoms with Crippen molar-refractivity contribution in [2.24, 2.45) is 0 Å². The van der Waals surface area contributed by atoms with E-state index in [2.05, 4.69) is 4.72 Å². The first-order chi connectivity index (χ1) is 10.9. The number of halogens is 2. The predicted molar refractivity (Wildman–Crippen MR) is 79.5 cm³/mol. The largest absolute Gasteiger partial charge is 0.376 e. The number of rotatable bonds is 4. The van der Waals surface area contributed by atoms with Crippen LogP contribution in [0.5, 0.6) is 0 Å². The Labute approximate surface area is 134 Å². The summed E-state index contributed by atoms with van der Waals surface area (Å²) in [5.74, 6) is -1.54. The molecule has 3 rings (SSSR count). The monoisotopic (exact) mass is 347 g/mol. The fourth-order valence-corrected chi connectivity index (χ4v) is 4.56. The first-order valence-electron chi connectivity index (χ1n) is 7.62. The van der Waals surface area contributed by atoms with Crippen LogP contribution in [0.2, 0.25) is 0 Å². The molecule has 1 aromatic carbocycles. The van der Waals surface area contributed by atoms with Crippen LogP contribution in [0.15, 0.2) is 12.1 Å². The average molecular weight is 347 g/mol. The van der Waals surface area contributed by atoms with Gasteiger partial charge in [-0.25, -0.2) is 21.9 Å². The summed E-state index contributed by atoms with van der Waals surface area (Å²) in [6.07, 6.45) is 1.12. The highest BCUT2D eigenvalue weighted by Crippen LogP contribution is 2.32. The number of hydrogen-bond donors (Lipinski definition) is 1. The Balaban J connectivity index is 1.76. The van der Waals surface area contributed by atoms with Crippen molar-refractivity contribution in [2.45, 2.75) is 31.4 Å². The maximum Gasteiger partial charge on any atom is 0.214 e. The number of benzene rings is 1. The molecule has 128 valence electrons. The fraction of sp³-hybridized carbons (Fsp3) is 0.600. The molecule has 1 unspecified atom stereocenters. The Morgan fingerprint density at radius 3 is 2.83 bits per heavy atom. The summed E-state index contributed by atoms with van der Waals surface area (Å²) in [5, 5.41) is 0. The van der Waals surface area contributed by atoms with Crippen molar-refractivity contribution in [3.63, 3.8) is 0 Å². The van der Waals surface area contributed by atoms with Crippen molar-refractivity contribution < 1.29 is 26.7 Å². The number of sulfonamides is 1. The molecule has 0 radical (unpaired) electrons. The predicted octanol–water partition coefficient (Wildman–Crippen LogP) is 1.68. The van der Waals surface area contributed by atoms with Gasteiger partial charge in [0.25, 0.3) is 0 Å². The van der Waals surface area contributed by atoms with Crippen LogP contribution in [0.25, 0.3) is 0 Å². The molecule has 0 aromatic heterocycles. The zero-order valence-corrected chi connectivity index (χ0v) is 13.4. The molecule has 1 aliphatic carbocycles. The van der Waals surface area contributed by atoms with E-state index < -0.39 is 33.8 Å². The molecule has 0 amide bonds. The maximum atomic E-state index is 13.9. The summed E-state index contributed by atoms with van der Waals surface area (Å²) < 4.78 is 65.1. The van der Waals surface area contributed by atoms with E-state index >= 15 is 0 Å². The lowest BCUT2D eigenvalue weighted by atomic mass is 9.88. The molecule has 5 nitrogen and oxygen atoms in total. The lowest BCUT2D eigenvalue weighted by Gasteiger charge is -2.28. The van der Waals surface area contributed by atoms with E-state index in [4.69, 9.17) is 9.47 Å². The highest BCUT2D eigenvalue weighted by atomic mass is 32.2. The van der Waals surface area contributed by atoms with Gasteiger partial charge in [0.05, 0.1) is 31.7 Å². The quantitative estimate of drug-likeness (QED) is 0.900. The maximum absolute atomic E-state index is 13.9. The van der Waals surface area contributed by atoms with E-state index in [0.717, 1.165) is 6.07 Å². The zero-order chi connectivity index (χ0) is 16.4. The molecule has 2 aliphatic rings. The molecule has 1 heterocycles. The lowest BCUT2D eigenvalue weighted by molar-refractivity contribution is -0.0783. The normalized spacial score (nSPS) is 25.1. The van der Waals surface area contributed by atoms with Gasteiger partial charge in [0.2, 0.25) is 10.0 Å². The van der Waals surface area contributed by atoms with Crippen LogP contribution in [-0.2, 0) is 25.9 Å². The summed E-state index contributed by atoms with van der Waals surface area (Å²) in [5.41, 5.74) is 0.778. The van der Waals surface area contributed by atoms with Gasteiger partial charge in [-0.05, 0) is 36.5 Å². The number of ether oxygens (including phenoxy) is 2. The van der Waals surface area contributed by atoms with Gasteiger partial charge in [0, 0.05) is 12.1 Å². The van der Waals surface area contributed by atoms with E-state index in [0.29, 0.717) is 43.6 Å². The minimum Gasteiger partial charge on any atom is -0.376 e. The molecule has 2 atom stereocenters. The van der Waals surface area contributed by atoms with E-state index in [9.17, 15) is 17.2 Å². The van der Waals surface area contributed by atoms with Crippen molar-refractivity contribution in [3.05, 3.63) is 34.9 Å². The first-order valence-corrected chi connectivity index (χ1v) is 9.27. The van der Waals surface area contributed by atoms with E-state index in [1.54, 1.807) is 0 Å². The van der Waals surface area contributed by atoms with E-state index in [1.165, 1.54) is 6.07 Å². The second-order valence-electron chi connectivity index (χ2n) is 5.87. The molecule has 23 heavy (non-hydrogen) atoms. The minimum absolute atomic E-state index is 0.226. The Hall–Kier alpha value is -1.09. The Bertz CT molecular complexity index is 674. The summed E-state index contributed by atoms with van der Waals surface area (Å²) in [4.78, 5) is 0. The SMILES string of the molecule is O=S(=O)(CC1COCCO1)N[C@@H]1CCCc2c(F)cc(F)cc21. The van der Waals surface area contributed by atoms with Crippen LogP contribution in [0.1, 0.15) is 30.0 Å². The summed E-state index contributed by atoms with van der Waals surface area (Å²) >= 11 is 0. The Morgan fingerprint density at radius 2 is 2.09 bits per heavy atom. The Kier molecular flexibility index (Phi) is 4.96. The van der Waals surface area contributed by atoms with Crippen molar-refractivity contribution >= 4 is 10.0 Å². The first kappa shape index (κ1) is 16.8. The topological polar surface area (TPSA) is 64.6 Å². The van der Waals surface area contributed by atoms with Crippen molar-refractivity contribution in [1.29, 1.82) is 0 Å². The molecule has 0 spiro atoms. The van der Waals surface area contributed by atoms with Gasteiger partial charge in [-0.2, -0.15) is 0 Å². The third-order valence-corrected chi connectivity index (χ3v) is 5.56. The van der Waals surface area contributed by atoms with Gasteiger partial charge in [0.15, 0.2) is 0 Å². The van der Waals surface area contributed by atoms with Gasteiger partial charge in [-0.1, -0.05) is 0 Å². The second kappa shape index (κ2) is 6.80. The number of hydrogen-bond acceptors (Lipinski definition) is 4. The summed E-state index contributed by atoms with van der Waals surface area (Å²) in [6, 6.07) is 1.44. The Morgan fingerprint density at radius 1 is 1.26 bits per heavy atom. The number of fused-ring (bicyclic) bond motifs is 1. The molecule has 8 heteroatoms. The molecule has 1 fully saturated rings. The third-order valence-electron chi connectivity index (χ3n) is 4.10. The zero-order valence-electron chi connectivity index (χ0n) is 12.6. The van der Waals surface area contributed by atoms with Crippen molar-refractivity contribution in [1.82, 2.24) is 4.72 Å². The average Bonchev–Trinajstić information content (AvgIpc) is 2.48.